The van der Waals surface area contributed by atoms with Crippen molar-refractivity contribution in [1.29, 1.82) is 0 Å². The van der Waals surface area contributed by atoms with E-state index in [1.807, 2.05) is 0 Å². The minimum Gasteiger partial charge on any atom is -0.495 e. The van der Waals surface area contributed by atoms with Gasteiger partial charge >= 0.3 is 10.4 Å². The fraction of sp³-hybridized carbons (Fsp3) is 0.333. The van der Waals surface area contributed by atoms with Crippen LogP contribution in [0.1, 0.15) is 0 Å². The molecule has 1 aromatic rings. The number of benzene rings is 1. The number of methoxy groups -OCH3 is 1. The van der Waals surface area contributed by atoms with Gasteiger partial charge in [-0.2, -0.15) is 8.42 Å². The highest BCUT2D eigenvalue weighted by Crippen LogP contribution is 2.24. The molecule has 0 saturated carbocycles. The number of rotatable bonds is 6. The van der Waals surface area contributed by atoms with Crippen LogP contribution < -0.4 is 10.5 Å². The van der Waals surface area contributed by atoms with E-state index in [0.29, 0.717) is 5.75 Å². The van der Waals surface area contributed by atoms with Crippen LogP contribution in [0.15, 0.2) is 23.1 Å². The molecule has 0 bridgehead atoms. The molecule has 0 aliphatic rings. The largest absolute Gasteiger partial charge is 0.495 e. The van der Waals surface area contributed by atoms with Crippen molar-refractivity contribution in [2.45, 2.75) is 4.90 Å². The van der Waals surface area contributed by atoms with E-state index in [1.165, 1.54) is 25.3 Å². The predicted octanol–water partition coefficient (Wildman–Crippen LogP) is -0.129. The van der Waals surface area contributed by atoms with Crippen LogP contribution in [0.3, 0.4) is 0 Å². The molecule has 108 valence electrons. The third kappa shape index (κ3) is 4.67. The Bertz CT molecular complexity index is 651. The van der Waals surface area contributed by atoms with E-state index in [0.717, 1.165) is 0 Å². The summed E-state index contributed by atoms with van der Waals surface area (Å²) in [6.07, 6.45) is 0. The van der Waals surface area contributed by atoms with Crippen LogP contribution in [0.2, 0.25) is 0 Å². The van der Waals surface area contributed by atoms with E-state index in [2.05, 4.69) is 4.18 Å². The molecule has 19 heavy (non-hydrogen) atoms. The second-order valence-corrected chi connectivity index (χ2v) is 6.67. The number of hydrogen-bond acceptors (Lipinski definition) is 7. The van der Waals surface area contributed by atoms with Gasteiger partial charge in [0.05, 0.1) is 30.1 Å². The first kappa shape index (κ1) is 15.7. The van der Waals surface area contributed by atoms with Gasteiger partial charge in [-0.25, -0.2) is 12.6 Å². The molecule has 8 nitrogen and oxygen atoms in total. The van der Waals surface area contributed by atoms with E-state index in [4.69, 9.17) is 15.0 Å². The molecule has 0 aromatic heterocycles. The van der Waals surface area contributed by atoms with Gasteiger partial charge in [0, 0.05) is 0 Å². The Morgan fingerprint density at radius 1 is 1.26 bits per heavy atom. The van der Waals surface area contributed by atoms with Crippen LogP contribution in [-0.4, -0.2) is 40.9 Å². The number of nitrogen functional groups attached to an aromatic ring is 1. The Labute approximate surface area is 111 Å². The van der Waals surface area contributed by atoms with Crippen molar-refractivity contribution >= 4 is 25.9 Å². The van der Waals surface area contributed by atoms with Gasteiger partial charge in [-0.15, -0.1) is 0 Å². The standard InChI is InChI=1S/C9H13NO7S2/c1-16-9-3-2-7(6-8(9)10)18(11,12)5-4-17-19(13,14)15/h2-3,6H,4-5,10H2,1H3,(H,13,14,15). The molecule has 0 saturated heterocycles. The fourth-order valence-electron chi connectivity index (χ4n) is 1.27. The first-order chi connectivity index (χ1) is 8.65. The van der Waals surface area contributed by atoms with Crippen LogP contribution in [0.5, 0.6) is 5.75 Å². The molecule has 10 heteroatoms. The predicted molar refractivity (Wildman–Crippen MR) is 67.0 cm³/mol. The Morgan fingerprint density at radius 2 is 1.89 bits per heavy atom. The first-order valence-corrected chi connectivity index (χ1v) is 7.95. The van der Waals surface area contributed by atoms with Gasteiger partial charge in [0.15, 0.2) is 9.84 Å². The second-order valence-electron chi connectivity index (χ2n) is 3.47. The lowest BCUT2D eigenvalue weighted by Crippen LogP contribution is -2.15. The SMILES string of the molecule is COc1ccc(S(=O)(=O)CCOS(=O)(=O)O)cc1N. The summed E-state index contributed by atoms with van der Waals surface area (Å²) in [5.41, 5.74) is 5.71. The molecule has 0 amide bonds. The average molecular weight is 311 g/mol. The highest BCUT2D eigenvalue weighted by atomic mass is 32.3. The third-order valence-corrected chi connectivity index (χ3v) is 4.29. The second kappa shape index (κ2) is 5.74. The molecule has 0 aliphatic heterocycles. The summed E-state index contributed by atoms with van der Waals surface area (Å²) in [4.78, 5) is -0.0928. The van der Waals surface area contributed by atoms with Crippen LogP contribution in [0.4, 0.5) is 5.69 Å². The molecule has 0 fully saturated rings. The topological polar surface area (TPSA) is 133 Å². The van der Waals surface area contributed by atoms with Crippen LogP contribution in [-0.2, 0) is 24.4 Å². The average Bonchev–Trinajstić information content (AvgIpc) is 2.26. The van der Waals surface area contributed by atoms with Gasteiger partial charge in [0.2, 0.25) is 0 Å². The molecule has 0 radical (unpaired) electrons. The van der Waals surface area contributed by atoms with E-state index >= 15 is 0 Å². The number of ether oxygens (including phenoxy) is 1. The van der Waals surface area contributed by atoms with Crippen molar-refractivity contribution in [2.75, 3.05) is 25.2 Å². The van der Waals surface area contributed by atoms with E-state index in [-0.39, 0.29) is 10.6 Å². The van der Waals surface area contributed by atoms with Crippen molar-refractivity contribution in [2.24, 2.45) is 0 Å². The Kier molecular flexibility index (Phi) is 4.74. The molecule has 0 aliphatic carbocycles. The first-order valence-electron chi connectivity index (χ1n) is 4.94. The minimum atomic E-state index is -4.66. The number of anilines is 1. The van der Waals surface area contributed by atoms with E-state index in [9.17, 15) is 16.8 Å². The summed E-state index contributed by atoms with van der Waals surface area (Å²) in [6, 6.07) is 3.85. The van der Waals surface area contributed by atoms with Crippen molar-refractivity contribution in [3.05, 3.63) is 18.2 Å². The molecule has 3 N–H and O–H groups in total. The Balaban J connectivity index is 2.86. The zero-order chi connectivity index (χ0) is 14.7. The van der Waals surface area contributed by atoms with Gasteiger partial charge in [-0.1, -0.05) is 0 Å². The Hall–Kier alpha value is -1.36. The zero-order valence-corrected chi connectivity index (χ0v) is 11.6. The maximum Gasteiger partial charge on any atom is 0.397 e. The van der Waals surface area contributed by atoms with Crippen molar-refractivity contribution < 1.29 is 30.3 Å². The van der Waals surface area contributed by atoms with Crippen LogP contribution in [0.25, 0.3) is 0 Å². The fourth-order valence-corrected chi connectivity index (χ4v) is 2.79. The third-order valence-electron chi connectivity index (χ3n) is 2.14. The highest BCUT2D eigenvalue weighted by Gasteiger charge is 2.17. The summed E-state index contributed by atoms with van der Waals surface area (Å²) in [6.45, 7) is -0.687. The van der Waals surface area contributed by atoms with Gasteiger partial charge in [0.25, 0.3) is 0 Å². The molecule has 1 rings (SSSR count). The molecule has 0 spiro atoms. The van der Waals surface area contributed by atoms with E-state index < -0.39 is 32.6 Å². The molecule has 0 atom stereocenters. The molecule has 1 aromatic carbocycles. The van der Waals surface area contributed by atoms with Gasteiger partial charge < -0.3 is 10.5 Å². The number of nitrogens with two attached hydrogens (primary N) is 1. The number of hydrogen-bond donors (Lipinski definition) is 2. The minimum absolute atomic E-state index is 0.0928. The smallest absolute Gasteiger partial charge is 0.397 e. The molecular formula is C9H13NO7S2. The van der Waals surface area contributed by atoms with E-state index in [1.54, 1.807) is 0 Å². The summed E-state index contributed by atoms with van der Waals surface area (Å²) in [5, 5.41) is 0. The lowest BCUT2D eigenvalue weighted by molar-refractivity contribution is 0.284. The normalized spacial score (nSPS) is 12.3. The maximum absolute atomic E-state index is 11.8. The number of sulfone groups is 1. The highest BCUT2D eigenvalue weighted by molar-refractivity contribution is 7.91. The Morgan fingerprint density at radius 3 is 2.37 bits per heavy atom. The van der Waals surface area contributed by atoms with Crippen molar-refractivity contribution in [3.63, 3.8) is 0 Å². The zero-order valence-electron chi connectivity index (χ0n) is 9.94. The lowest BCUT2D eigenvalue weighted by atomic mass is 10.3. The summed E-state index contributed by atoms with van der Waals surface area (Å²) in [7, 11) is -7.03. The lowest BCUT2D eigenvalue weighted by Gasteiger charge is -2.08. The quantitative estimate of drug-likeness (QED) is 0.548. The van der Waals surface area contributed by atoms with Crippen LogP contribution >= 0.6 is 0 Å². The van der Waals surface area contributed by atoms with Gasteiger partial charge in [0.1, 0.15) is 5.75 Å². The van der Waals surface area contributed by atoms with Crippen molar-refractivity contribution in [3.8, 4) is 5.75 Å². The summed E-state index contributed by atoms with van der Waals surface area (Å²) >= 11 is 0. The van der Waals surface area contributed by atoms with Gasteiger partial charge in [-0.3, -0.25) is 4.55 Å². The molecular weight excluding hydrogens is 298 g/mol. The summed E-state index contributed by atoms with van der Waals surface area (Å²) in [5.74, 6) is -0.286. The van der Waals surface area contributed by atoms with Gasteiger partial charge in [-0.05, 0) is 18.2 Å². The molecule has 0 heterocycles. The van der Waals surface area contributed by atoms with Crippen LogP contribution in [0, 0.1) is 0 Å². The molecule has 0 unspecified atom stereocenters. The monoisotopic (exact) mass is 311 g/mol. The summed E-state index contributed by atoms with van der Waals surface area (Å²) < 4.78 is 61.4. The maximum atomic E-state index is 11.8. The van der Waals surface area contributed by atoms with Crippen molar-refractivity contribution in [1.82, 2.24) is 0 Å².